The molecule has 3 heterocycles. The van der Waals surface area contributed by atoms with Crippen LogP contribution in [-0.2, 0) is 6.54 Å². The number of nitrogens with one attached hydrogen (secondary N) is 1. The van der Waals surface area contributed by atoms with Crippen molar-refractivity contribution in [1.29, 1.82) is 0 Å². The van der Waals surface area contributed by atoms with E-state index < -0.39 is 16.5 Å². The summed E-state index contributed by atoms with van der Waals surface area (Å²) < 4.78 is 6.63. The van der Waals surface area contributed by atoms with Crippen molar-refractivity contribution < 1.29 is 14.5 Å². The number of aromatic amines is 1. The molecule has 0 aliphatic carbocycles. The van der Waals surface area contributed by atoms with Crippen LogP contribution < -0.4 is 4.74 Å². The Morgan fingerprint density at radius 1 is 1.50 bits per heavy atom. The Morgan fingerprint density at radius 3 is 2.96 bits per heavy atom. The minimum absolute atomic E-state index is 0.193. The van der Waals surface area contributed by atoms with Gasteiger partial charge in [0.25, 0.3) is 5.91 Å². The zero-order valence-electron chi connectivity index (χ0n) is 13.0. The number of fused-ring (bicyclic) bond motifs is 1. The fraction of sp³-hybridized carbons (Fsp3) is 0.214. The first-order chi connectivity index (χ1) is 11.5. The van der Waals surface area contributed by atoms with E-state index >= 15 is 0 Å². The van der Waals surface area contributed by atoms with Gasteiger partial charge in [-0.05, 0) is 12.1 Å². The topological polar surface area (TPSA) is 119 Å². The molecule has 0 spiro atoms. The number of pyridine rings is 1. The lowest BCUT2D eigenvalue weighted by atomic mass is 10.3. The third kappa shape index (κ3) is 2.64. The standard InChI is InChI=1S/C14H14N6O4/c1-18(7-9-8-19-6-4-3-5-10(19)15-9)14(21)11-12(20(22)23)13(24-2)17-16-11/h3-6,8H,7H2,1-2H3,(H,16,17). The fourth-order valence-corrected chi connectivity index (χ4v) is 2.35. The summed E-state index contributed by atoms with van der Waals surface area (Å²) in [6.07, 6.45) is 3.64. The van der Waals surface area contributed by atoms with Gasteiger partial charge in [0.15, 0.2) is 0 Å². The van der Waals surface area contributed by atoms with Crippen LogP contribution in [0.3, 0.4) is 0 Å². The number of amides is 1. The van der Waals surface area contributed by atoms with Crippen molar-refractivity contribution in [2.24, 2.45) is 0 Å². The number of rotatable bonds is 5. The molecular formula is C14H14N6O4. The van der Waals surface area contributed by atoms with Crippen molar-refractivity contribution in [3.8, 4) is 5.88 Å². The highest BCUT2D eigenvalue weighted by Gasteiger charge is 2.31. The molecule has 10 heteroatoms. The van der Waals surface area contributed by atoms with Crippen LogP contribution >= 0.6 is 0 Å². The molecule has 3 rings (SSSR count). The maximum Gasteiger partial charge on any atom is 0.362 e. The predicted octanol–water partition coefficient (Wildman–Crippen LogP) is 1.25. The van der Waals surface area contributed by atoms with Gasteiger partial charge in [0, 0.05) is 19.4 Å². The lowest BCUT2D eigenvalue weighted by molar-refractivity contribution is -0.386. The number of hydrogen-bond acceptors (Lipinski definition) is 6. The number of carbonyl (C=O) groups excluding carboxylic acids is 1. The van der Waals surface area contributed by atoms with E-state index in [0.29, 0.717) is 5.69 Å². The molecule has 0 aliphatic rings. The molecule has 124 valence electrons. The molecule has 24 heavy (non-hydrogen) atoms. The van der Waals surface area contributed by atoms with E-state index in [4.69, 9.17) is 4.74 Å². The third-order valence-corrected chi connectivity index (χ3v) is 3.46. The Hall–Kier alpha value is -3.43. The summed E-state index contributed by atoms with van der Waals surface area (Å²) in [5, 5.41) is 17.2. The number of methoxy groups -OCH3 is 1. The maximum absolute atomic E-state index is 12.5. The molecule has 0 saturated carbocycles. The van der Waals surface area contributed by atoms with Crippen LogP contribution in [0.4, 0.5) is 5.69 Å². The summed E-state index contributed by atoms with van der Waals surface area (Å²) in [6, 6.07) is 5.57. The van der Waals surface area contributed by atoms with Crippen LogP contribution in [0.25, 0.3) is 5.65 Å². The molecule has 0 aliphatic heterocycles. The number of hydrogen-bond donors (Lipinski definition) is 1. The summed E-state index contributed by atoms with van der Waals surface area (Å²) in [5.41, 5.74) is 0.696. The third-order valence-electron chi connectivity index (χ3n) is 3.46. The van der Waals surface area contributed by atoms with E-state index in [0.717, 1.165) is 5.65 Å². The van der Waals surface area contributed by atoms with Gasteiger partial charge in [0.2, 0.25) is 5.69 Å². The Labute approximate surface area is 135 Å². The highest BCUT2D eigenvalue weighted by molar-refractivity contribution is 5.96. The zero-order chi connectivity index (χ0) is 17.3. The first-order valence-corrected chi connectivity index (χ1v) is 6.96. The van der Waals surface area contributed by atoms with Crippen LogP contribution in [0.5, 0.6) is 5.88 Å². The molecule has 10 nitrogen and oxygen atoms in total. The van der Waals surface area contributed by atoms with Crippen LogP contribution in [0.2, 0.25) is 0 Å². The van der Waals surface area contributed by atoms with E-state index in [2.05, 4.69) is 15.2 Å². The van der Waals surface area contributed by atoms with Crippen molar-refractivity contribution in [3.05, 3.63) is 52.1 Å². The average molecular weight is 330 g/mol. The second kappa shape index (κ2) is 5.99. The molecule has 0 fully saturated rings. The average Bonchev–Trinajstić information content (AvgIpc) is 3.16. The minimum Gasteiger partial charge on any atom is -0.475 e. The van der Waals surface area contributed by atoms with Gasteiger partial charge in [-0.15, -0.1) is 5.10 Å². The van der Waals surface area contributed by atoms with Gasteiger partial charge >= 0.3 is 11.6 Å². The van der Waals surface area contributed by atoms with Crippen molar-refractivity contribution in [2.75, 3.05) is 14.2 Å². The second-order valence-electron chi connectivity index (χ2n) is 5.07. The molecule has 0 atom stereocenters. The van der Waals surface area contributed by atoms with Gasteiger partial charge in [0.1, 0.15) is 5.65 Å². The predicted molar refractivity (Wildman–Crippen MR) is 82.8 cm³/mol. The Bertz CT molecular complexity index is 882. The highest BCUT2D eigenvalue weighted by atomic mass is 16.6. The number of ether oxygens (including phenoxy) is 1. The van der Waals surface area contributed by atoms with Crippen LogP contribution in [0, 0.1) is 10.1 Å². The molecule has 3 aromatic heterocycles. The largest absolute Gasteiger partial charge is 0.475 e. The van der Waals surface area contributed by atoms with Crippen LogP contribution in [0.15, 0.2) is 30.6 Å². The summed E-state index contributed by atoms with van der Waals surface area (Å²) in [6.45, 7) is 0.193. The van der Waals surface area contributed by atoms with Crippen LogP contribution in [-0.4, -0.2) is 49.5 Å². The molecule has 0 radical (unpaired) electrons. The quantitative estimate of drug-likeness (QED) is 0.555. The zero-order valence-corrected chi connectivity index (χ0v) is 13.0. The first-order valence-electron chi connectivity index (χ1n) is 6.96. The Balaban J connectivity index is 1.84. The lowest BCUT2D eigenvalue weighted by Crippen LogP contribution is -2.27. The highest BCUT2D eigenvalue weighted by Crippen LogP contribution is 2.28. The molecular weight excluding hydrogens is 316 g/mol. The van der Waals surface area contributed by atoms with E-state index in [9.17, 15) is 14.9 Å². The number of imidazole rings is 1. The van der Waals surface area contributed by atoms with Crippen LogP contribution in [0.1, 0.15) is 16.2 Å². The Morgan fingerprint density at radius 2 is 2.29 bits per heavy atom. The smallest absolute Gasteiger partial charge is 0.362 e. The summed E-state index contributed by atoms with van der Waals surface area (Å²) in [7, 11) is 2.78. The fourth-order valence-electron chi connectivity index (χ4n) is 2.35. The molecule has 0 unspecified atom stereocenters. The maximum atomic E-state index is 12.5. The number of H-pyrrole nitrogens is 1. The number of nitrogens with zero attached hydrogens (tertiary/aromatic N) is 5. The number of aromatic nitrogens is 4. The normalized spacial score (nSPS) is 10.8. The van der Waals surface area contributed by atoms with E-state index in [1.54, 1.807) is 6.20 Å². The van der Waals surface area contributed by atoms with Gasteiger partial charge in [0.05, 0.1) is 24.3 Å². The Kier molecular flexibility index (Phi) is 3.86. The van der Waals surface area contributed by atoms with Gasteiger partial charge in [-0.25, -0.2) is 4.98 Å². The molecule has 1 N–H and O–H groups in total. The molecule has 0 saturated heterocycles. The van der Waals surface area contributed by atoms with E-state index in [-0.39, 0.29) is 18.1 Å². The summed E-state index contributed by atoms with van der Waals surface area (Å²) in [5.74, 6) is -0.806. The van der Waals surface area contributed by atoms with E-state index in [1.807, 2.05) is 28.8 Å². The monoisotopic (exact) mass is 330 g/mol. The molecule has 3 aromatic rings. The summed E-state index contributed by atoms with van der Waals surface area (Å²) >= 11 is 0. The lowest BCUT2D eigenvalue weighted by Gasteiger charge is -2.14. The van der Waals surface area contributed by atoms with Crippen molar-refractivity contribution in [2.45, 2.75) is 6.54 Å². The van der Waals surface area contributed by atoms with Gasteiger partial charge < -0.3 is 14.0 Å². The van der Waals surface area contributed by atoms with Crippen molar-refractivity contribution >= 4 is 17.2 Å². The second-order valence-corrected chi connectivity index (χ2v) is 5.07. The molecule has 1 amide bonds. The van der Waals surface area contributed by atoms with Gasteiger partial charge in [-0.1, -0.05) is 6.07 Å². The number of carbonyl (C=O) groups is 1. The van der Waals surface area contributed by atoms with E-state index in [1.165, 1.54) is 19.1 Å². The van der Waals surface area contributed by atoms with Gasteiger partial charge in [-0.2, -0.15) is 0 Å². The molecule has 0 bridgehead atoms. The van der Waals surface area contributed by atoms with Crippen molar-refractivity contribution in [1.82, 2.24) is 24.5 Å². The van der Waals surface area contributed by atoms with Crippen molar-refractivity contribution in [3.63, 3.8) is 0 Å². The van der Waals surface area contributed by atoms with Gasteiger partial charge in [-0.3, -0.25) is 20.0 Å². The molecule has 0 aromatic carbocycles. The summed E-state index contributed by atoms with van der Waals surface area (Å²) in [4.78, 5) is 28.6. The SMILES string of the molecule is COc1n[nH]c(C(=O)N(C)Cc2cn3ccccc3n2)c1[N+](=O)[O-]. The first kappa shape index (κ1) is 15.5. The number of nitro groups is 1. The minimum atomic E-state index is -0.700.